The molecule has 1 rings (SSSR count). The fourth-order valence-electron chi connectivity index (χ4n) is 2.35. The van der Waals surface area contributed by atoms with Crippen molar-refractivity contribution in [1.82, 2.24) is 10.2 Å². The van der Waals surface area contributed by atoms with Crippen molar-refractivity contribution in [1.29, 1.82) is 0 Å². The lowest BCUT2D eigenvalue weighted by molar-refractivity contribution is 0.122. The molecule has 1 aromatic carbocycles. The molecule has 0 radical (unpaired) electrons. The van der Waals surface area contributed by atoms with Gasteiger partial charge in [0.1, 0.15) is 0 Å². The first-order valence-corrected chi connectivity index (χ1v) is 7.61. The Morgan fingerprint density at radius 1 is 1.20 bits per heavy atom. The molecule has 3 nitrogen and oxygen atoms in total. The van der Waals surface area contributed by atoms with E-state index in [9.17, 15) is 0 Å². The van der Waals surface area contributed by atoms with Gasteiger partial charge in [0, 0.05) is 32.3 Å². The number of nitrogens with zero attached hydrogens (tertiary/aromatic N) is 1. The maximum absolute atomic E-state index is 5.21. The fraction of sp³-hybridized carbons (Fsp3) is 0.647. The maximum atomic E-state index is 5.21. The van der Waals surface area contributed by atoms with Crippen LogP contribution in [0.15, 0.2) is 24.3 Å². The van der Waals surface area contributed by atoms with Crippen LogP contribution in [0.4, 0.5) is 0 Å². The molecule has 0 spiro atoms. The normalized spacial score (nSPS) is 13.2. The molecular weight excluding hydrogens is 248 g/mol. The minimum absolute atomic E-state index is 0.361. The van der Waals surface area contributed by atoms with Crippen LogP contribution in [-0.4, -0.2) is 44.8 Å². The zero-order valence-corrected chi connectivity index (χ0v) is 13.6. The highest BCUT2D eigenvalue weighted by molar-refractivity contribution is 5.25. The highest BCUT2D eigenvalue weighted by atomic mass is 16.5. The molecule has 114 valence electrons. The second-order valence-electron chi connectivity index (χ2n) is 5.52. The molecule has 1 N–H and O–H groups in total. The zero-order chi connectivity index (χ0) is 15.0. The molecule has 3 heteroatoms. The number of hydrogen-bond acceptors (Lipinski definition) is 3. The fourth-order valence-corrected chi connectivity index (χ4v) is 2.35. The number of hydrogen-bond donors (Lipinski definition) is 1. The van der Waals surface area contributed by atoms with E-state index in [4.69, 9.17) is 4.74 Å². The summed E-state index contributed by atoms with van der Waals surface area (Å²) in [5, 5.41) is 3.44. The van der Waals surface area contributed by atoms with Crippen LogP contribution in [0.2, 0.25) is 0 Å². The number of nitrogens with one attached hydrogen (secondary N) is 1. The van der Waals surface area contributed by atoms with Gasteiger partial charge < -0.3 is 10.1 Å². The summed E-state index contributed by atoms with van der Waals surface area (Å²) in [5.74, 6) is 0. The summed E-state index contributed by atoms with van der Waals surface area (Å²) in [5.41, 5.74) is 2.75. The van der Waals surface area contributed by atoms with Crippen LogP contribution in [0.3, 0.4) is 0 Å². The molecule has 0 saturated carbocycles. The molecule has 0 amide bonds. The maximum Gasteiger partial charge on any atom is 0.0589 e. The number of ether oxygens (including phenoxy) is 1. The lowest BCUT2D eigenvalue weighted by Gasteiger charge is -2.30. The summed E-state index contributed by atoms with van der Waals surface area (Å²) >= 11 is 0. The predicted octanol–water partition coefficient (Wildman–Crippen LogP) is 2.87. The van der Waals surface area contributed by atoms with Crippen molar-refractivity contribution >= 4 is 0 Å². The minimum atomic E-state index is 0.361. The van der Waals surface area contributed by atoms with Crippen LogP contribution >= 0.6 is 0 Å². The summed E-state index contributed by atoms with van der Waals surface area (Å²) in [4.78, 5) is 2.46. The Hall–Kier alpha value is -0.900. The smallest absolute Gasteiger partial charge is 0.0589 e. The Kier molecular flexibility index (Phi) is 7.82. The number of aryl methyl sites for hydroxylation is 1. The Bertz CT molecular complexity index is 362. The molecular formula is C17H30N2O. The lowest BCUT2D eigenvalue weighted by Crippen LogP contribution is -2.40. The second-order valence-corrected chi connectivity index (χ2v) is 5.52. The van der Waals surface area contributed by atoms with Gasteiger partial charge in [0.25, 0.3) is 0 Å². The molecule has 0 saturated heterocycles. The molecule has 0 fully saturated rings. The Labute approximate surface area is 124 Å². The predicted molar refractivity (Wildman–Crippen MR) is 86.2 cm³/mol. The summed E-state index contributed by atoms with van der Waals surface area (Å²) in [6.45, 7) is 9.42. The molecule has 0 aliphatic carbocycles. The van der Waals surface area contributed by atoms with Gasteiger partial charge in [-0.15, -0.1) is 0 Å². The van der Waals surface area contributed by atoms with E-state index in [-0.39, 0.29) is 0 Å². The third kappa shape index (κ3) is 5.23. The Balaban J connectivity index is 2.72. The van der Waals surface area contributed by atoms with Crippen molar-refractivity contribution < 1.29 is 4.74 Å². The molecule has 0 aromatic heterocycles. The van der Waals surface area contributed by atoms with Gasteiger partial charge in [0.2, 0.25) is 0 Å². The minimum Gasteiger partial charge on any atom is -0.383 e. The highest BCUT2D eigenvalue weighted by Crippen LogP contribution is 2.16. The van der Waals surface area contributed by atoms with Gasteiger partial charge in [-0.3, -0.25) is 4.90 Å². The van der Waals surface area contributed by atoms with E-state index in [0.29, 0.717) is 12.1 Å². The van der Waals surface area contributed by atoms with E-state index < -0.39 is 0 Å². The van der Waals surface area contributed by atoms with Gasteiger partial charge in [-0.1, -0.05) is 31.2 Å². The standard InChI is InChI=1S/C17H30N2O/c1-6-15-7-9-16(10-8-15)17(18-4)13-19(14(2)3)11-12-20-5/h7-10,14,17-18H,6,11-13H2,1-5H3. The van der Waals surface area contributed by atoms with Crippen molar-refractivity contribution in [3.63, 3.8) is 0 Å². The van der Waals surface area contributed by atoms with Gasteiger partial charge in [-0.05, 0) is 38.4 Å². The number of benzene rings is 1. The topological polar surface area (TPSA) is 24.5 Å². The molecule has 20 heavy (non-hydrogen) atoms. The molecule has 1 aromatic rings. The van der Waals surface area contributed by atoms with Crippen molar-refractivity contribution in [2.75, 3.05) is 33.9 Å². The van der Waals surface area contributed by atoms with Crippen molar-refractivity contribution in [3.8, 4) is 0 Å². The Morgan fingerprint density at radius 2 is 1.85 bits per heavy atom. The van der Waals surface area contributed by atoms with Gasteiger partial charge in [0.05, 0.1) is 6.61 Å². The van der Waals surface area contributed by atoms with Crippen LogP contribution in [-0.2, 0) is 11.2 Å². The van der Waals surface area contributed by atoms with Crippen molar-refractivity contribution in [2.24, 2.45) is 0 Å². The summed E-state index contributed by atoms with van der Waals surface area (Å²) in [6, 6.07) is 9.84. The molecule has 1 atom stereocenters. The van der Waals surface area contributed by atoms with E-state index in [1.165, 1.54) is 11.1 Å². The van der Waals surface area contributed by atoms with Gasteiger partial charge in [-0.2, -0.15) is 0 Å². The average molecular weight is 278 g/mol. The van der Waals surface area contributed by atoms with Gasteiger partial charge >= 0.3 is 0 Å². The van der Waals surface area contributed by atoms with Crippen LogP contribution in [0, 0.1) is 0 Å². The quantitative estimate of drug-likeness (QED) is 0.752. The largest absolute Gasteiger partial charge is 0.383 e. The number of likely N-dealkylation sites (N-methyl/N-ethyl adjacent to an activating group) is 1. The van der Waals surface area contributed by atoms with Crippen LogP contribution < -0.4 is 5.32 Å². The first kappa shape index (κ1) is 17.2. The summed E-state index contributed by atoms with van der Waals surface area (Å²) < 4.78 is 5.21. The number of methoxy groups -OCH3 is 1. The van der Waals surface area contributed by atoms with E-state index in [0.717, 1.165) is 26.1 Å². The third-order valence-electron chi connectivity index (χ3n) is 3.87. The molecule has 0 heterocycles. The first-order chi connectivity index (χ1) is 9.62. The van der Waals surface area contributed by atoms with Crippen LogP contribution in [0.5, 0.6) is 0 Å². The van der Waals surface area contributed by atoms with E-state index in [1.807, 2.05) is 7.05 Å². The van der Waals surface area contributed by atoms with Gasteiger partial charge in [-0.25, -0.2) is 0 Å². The Morgan fingerprint density at radius 3 is 2.30 bits per heavy atom. The monoisotopic (exact) mass is 278 g/mol. The molecule has 0 bridgehead atoms. The van der Waals surface area contributed by atoms with E-state index >= 15 is 0 Å². The molecule has 0 aliphatic rings. The summed E-state index contributed by atoms with van der Waals surface area (Å²) in [6.07, 6.45) is 1.09. The number of rotatable bonds is 9. The molecule has 0 aliphatic heterocycles. The average Bonchev–Trinajstić information content (AvgIpc) is 2.47. The SMILES string of the molecule is CCc1ccc(C(CN(CCOC)C(C)C)NC)cc1. The second kappa shape index (κ2) is 9.11. The lowest BCUT2D eigenvalue weighted by atomic mass is 10.0. The van der Waals surface area contributed by atoms with E-state index in [1.54, 1.807) is 7.11 Å². The van der Waals surface area contributed by atoms with Crippen molar-refractivity contribution in [3.05, 3.63) is 35.4 Å². The first-order valence-electron chi connectivity index (χ1n) is 7.61. The zero-order valence-electron chi connectivity index (χ0n) is 13.6. The summed E-state index contributed by atoms with van der Waals surface area (Å²) in [7, 11) is 3.80. The van der Waals surface area contributed by atoms with Crippen molar-refractivity contribution in [2.45, 2.75) is 39.3 Å². The highest BCUT2D eigenvalue weighted by Gasteiger charge is 2.16. The van der Waals surface area contributed by atoms with Crippen LogP contribution in [0.1, 0.15) is 37.9 Å². The van der Waals surface area contributed by atoms with E-state index in [2.05, 4.69) is 55.3 Å². The van der Waals surface area contributed by atoms with Crippen LogP contribution in [0.25, 0.3) is 0 Å². The van der Waals surface area contributed by atoms with Gasteiger partial charge in [0.15, 0.2) is 0 Å². The third-order valence-corrected chi connectivity index (χ3v) is 3.87. The molecule has 1 unspecified atom stereocenters.